The van der Waals surface area contributed by atoms with E-state index in [9.17, 15) is 20.4 Å². The molecule has 1 aromatic rings. The summed E-state index contributed by atoms with van der Waals surface area (Å²) >= 11 is 0. The van der Waals surface area contributed by atoms with Gasteiger partial charge in [0.1, 0.15) is 18.3 Å². The van der Waals surface area contributed by atoms with Crippen molar-refractivity contribution in [3.8, 4) is 11.5 Å². The number of hydrogen-bond acceptors (Lipinski definition) is 7. The largest absolute Gasteiger partial charge is 0.504 e. The highest BCUT2D eigenvalue weighted by Gasteiger charge is 2.45. The van der Waals surface area contributed by atoms with Gasteiger partial charge in [0, 0.05) is 0 Å². The van der Waals surface area contributed by atoms with Gasteiger partial charge in [0.05, 0.1) is 6.61 Å². The van der Waals surface area contributed by atoms with Gasteiger partial charge in [0.2, 0.25) is 0 Å². The van der Waals surface area contributed by atoms with E-state index >= 15 is 0 Å². The number of phenols is 1. The molecule has 0 unspecified atom stereocenters. The van der Waals surface area contributed by atoms with E-state index < -0.39 is 37.3 Å². The van der Waals surface area contributed by atoms with Gasteiger partial charge in [-0.25, -0.2) is 0 Å². The van der Waals surface area contributed by atoms with Crippen LogP contribution in [0.2, 0.25) is 0 Å². The fourth-order valence-electron chi connectivity index (χ4n) is 2.06. The third kappa shape index (κ3) is 2.87. The molecule has 1 aliphatic heterocycles. The van der Waals surface area contributed by atoms with Gasteiger partial charge in [-0.1, -0.05) is 6.07 Å². The van der Waals surface area contributed by atoms with Crippen LogP contribution in [-0.4, -0.2) is 62.8 Å². The van der Waals surface area contributed by atoms with Crippen LogP contribution in [0.25, 0.3) is 0 Å². The second-order valence-corrected chi connectivity index (χ2v) is 4.78. The summed E-state index contributed by atoms with van der Waals surface area (Å²) in [5.41, 5.74) is 0.812. The Labute approximate surface area is 115 Å². The Morgan fingerprint density at radius 2 is 1.90 bits per heavy atom. The minimum atomic E-state index is -1.54. The molecule has 2 rings (SSSR count). The van der Waals surface area contributed by atoms with Gasteiger partial charge in [-0.15, -0.1) is 0 Å². The minimum absolute atomic E-state index is 0.0614. The number of aromatic hydroxyl groups is 1. The molecule has 20 heavy (non-hydrogen) atoms. The summed E-state index contributed by atoms with van der Waals surface area (Å²) in [4.78, 5) is 0. The molecule has 5 N–H and O–H groups in total. The SMILES string of the molecule is Cc1ccc(O)c(O[C@@H]2[C@@H](O)[C@H](O)[C@@H](CO)O[C@H]2O)c1. The number of aliphatic hydroxyl groups excluding tert-OH is 4. The summed E-state index contributed by atoms with van der Waals surface area (Å²) in [6.07, 6.45) is -6.77. The molecule has 1 aromatic carbocycles. The van der Waals surface area contributed by atoms with E-state index in [1.165, 1.54) is 12.1 Å². The van der Waals surface area contributed by atoms with Crippen molar-refractivity contribution in [3.05, 3.63) is 23.8 Å². The van der Waals surface area contributed by atoms with E-state index in [0.717, 1.165) is 5.56 Å². The average molecular weight is 286 g/mol. The van der Waals surface area contributed by atoms with Gasteiger partial charge < -0.3 is 35.0 Å². The van der Waals surface area contributed by atoms with Crippen LogP contribution < -0.4 is 4.74 Å². The Morgan fingerprint density at radius 1 is 1.20 bits per heavy atom. The van der Waals surface area contributed by atoms with Crippen LogP contribution in [0.1, 0.15) is 5.56 Å². The number of benzene rings is 1. The molecule has 1 fully saturated rings. The predicted molar refractivity (Wildman–Crippen MR) is 67.2 cm³/mol. The lowest BCUT2D eigenvalue weighted by Gasteiger charge is -2.39. The summed E-state index contributed by atoms with van der Waals surface area (Å²) < 4.78 is 10.3. The molecule has 7 nitrogen and oxygen atoms in total. The highest BCUT2D eigenvalue weighted by Crippen LogP contribution is 2.31. The van der Waals surface area contributed by atoms with Crippen LogP contribution in [0.3, 0.4) is 0 Å². The highest BCUT2D eigenvalue weighted by atomic mass is 16.7. The summed E-state index contributed by atoms with van der Waals surface area (Å²) in [5, 5.41) is 48.1. The molecule has 0 radical (unpaired) electrons. The zero-order chi connectivity index (χ0) is 14.9. The second kappa shape index (κ2) is 5.94. The lowest BCUT2D eigenvalue weighted by Crippen LogP contribution is -2.60. The normalized spacial score (nSPS) is 34.0. The van der Waals surface area contributed by atoms with Crippen molar-refractivity contribution in [3.63, 3.8) is 0 Å². The van der Waals surface area contributed by atoms with E-state index in [1.807, 2.05) is 0 Å². The molecule has 0 bridgehead atoms. The number of aryl methyl sites for hydroxylation is 1. The number of ether oxygens (including phenoxy) is 2. The van der Waals surface area contributed by atoms with Crippen LogP contribution in [0.4, 0.5) is 0 Å². The maximum Gasteiger partial charge on any atom is 0.195 e. The molecule has 0 spiro atoms. The number of phenolic OH excluding ortho intramolecular Hbond substituents is 1. The molecule has 0 aromatic heterocycles. The lowest BCUT2D eigenvalue weighted by molar-refractivity contribution is -0.280. The maximum absolute atomic E-state index is 9.92. The lowest BCUT2D eigenvalue weighted by atomic mass is 9.99. The summed E-state index contributed by atoms with van der Waals surface area (Å²) in [6.45, 7) is 1.24. The average Bonchev–Trinajstić information content (AvgIpc) is 2.42. The van der Waals surface area contributed by atoms with Gasteiger partial charge in [-0.3, -0.25) is 0 Å². The van der Waals surface area contributed by atoms with Crippen molar-refractivity contribution in [1.82, 2.24) is 0 Å². The Hall–Kier alpha value is -1.38. The number of rotatable bonds is 3. The molecule has 5 atom stereocenters. The van der Waals surface area contributed by atoms with Gasteiger partial charge in [0.15, 0.2) is 23.9 Å². The number of hydrogen-bond donors (Lipinski definition) is 5. The summed E-state index contributed by atoms with van der Waals surface area (Å²) in [5.74, 6) is -0.0971. The third-order valence-electron chi connectivity index (χ3n) is 3.22. The molecular weight excluding hydrogens is 268 g/mol. The van der Waals surface area contributed by atoms with Crippen molar-refractivity contribution in [2.45, 2.75) is 37.6 Å². The quantitative estimate of drug-likeness (QED) is 0.477. The van der Waals surface area contributed by atoms with Crippen LogP contribution in [0.15, 0.2) is 18.2 Å². The topological polar surface area (TPSA) is 120 Å². The van der Waals surface area contributed by atoms with E-state index in [-0.39, 0.29) is 11.5 Å². The van der Waals surface area contributed by atoms with Crippen molar-refractivity contribution < 1.29 is 35.0 Å². The molecule has 0 aliphatic carbocycles. The van der Waals surface area contributed by atoms with Crippen LogP contribution in [0, 0.1) is 6.92 Å². The minimum Gasteiger partial charge on any atom is -0.504 e. The zero-order valence-corrected chi connectivity index (χ0v) is 10.9. The molecule has 0 amide bonds. The Bertz CT molecular complexity index is 464. The van der Waals surface area contributed by atoms with Crippen LogP contribution >= 0.6 is 0 Å². The smallest absolute Gasteiger partial charge is 0.195 e. The molecule has 1 aliphatic rings. The second-order valence-electron chi connectivity index (χ2n) is 4.78. The first-order valence-electron chi connectivity index (χ1n) is 6.21. The first kappa shape index (κ1) is 15.0. The van der Waals surface area contributed by atoms with Gasteiger partial charge in [-0.05, 0) is 24.6 Å². The standard InChI is InChI=1S/C13H18O7/c1-6-2-3-7(15)8(4-6)19-12-11(17)10(16)9(5-14)20-13(12)18/h2-4,9-18H,5H2,1H3/t9-,10-,11+,12-,13-/m1/s1. The fourth-order valence-corrected chi connectivity index (χ4v) is 2.06. The molecule has 1 heterocycles. The first-order chi connectivity index (χ1) is 9.43. The van der Waals surface area contributed by atoms with E-state index in [0.29, 0.717) is 0 Å². The van der Waals surface area contributed by atoms with Crippen molar-refractivity contribution in [1.29, 1.82) is 0 Å². The monoisotopic (exact) mass is 286 g/mol. The van der Waals surface area contributed by atoms with Crippen molar-refractivity contribution in [2.24, 2.45) is 0 Å². The molecule has 1 saturated heterocycles. The summed E-state index contributed by atoms with van der Waals surface area (Å²) in [7, 11) is 0. The molecular formula is C13H18O7. The summed E-state index contributed by atoms with van der Waals surface area (Å²) in [6, 6.07) is 4.61. The van der Waals surface area contributed by atoms with E-state index in [1.54, 1.807) is 13.0 Å². The molecule has 112 valence electrons. The number of aliphatic hydroxyl groups is 4. The van der Waals surface area contributed by atoms with E-state index in [4.69, 9.17) is 14.6 Å². The first-order valence-corrected chi connectivity index (χ1v) is 6.21. The maximum atomic E-state index is 9.92. The Morgan fingerprint density at radius 3 is 2.55 bits per heavy atom. The third-order valence-corrected chi connectivity index (χ3v) is 3.22. The van der Waals surface area contributed by atoms with Crippen molar-refractivity contribution >= 4 is 0 Å². The Balaban J connectivity index is 2.18. The van der Waals surface area contributed by atoms with E-state index in [2.05, 4.69) is 0 Å². The zero-order valence-electron chi connectivity index (χ0n) is 10.9. The van der Waals surface area contributed by atoms with Gasteiger partial charge >= 0.3 is 0 Å². The molecule has 0 saturated carbocycles. The van der Waals surface area contributed by atoms with Crippen LogP contribution in [-0.2, 0) is 4.74 Å². The van der Waals surface area contributed by atoms with Crippen molar-refractivity contribution in [2.75, 3.05) is 6.61 Å². The Kier molecular flexibility index (Phi) is 4.46. The van der Waals surface area contributed by atoms with Crippen LogP contribution in [0.5, 0.6) is 11.5 Å². The predicted octanol–water partition coefficient (Wildman–Crippen LogP) is -1.12. The van der Waals surface area contributed by atoms with Gasteiger partial charge in [-0.2, -0.15) is 0 Å². The fraction of sp³-hybridized carbons (Fsp3) is 0.538. The molecule has 7 heteroatoms. The van der Waals surface area contributed by atoms with Gasteiger partial charge in [0.25, 0.3) is 0 Å². The highest BCUT2D eigenvalue weighted by molar-refractivity contribution is 5.41.